The average Bonchev–Trinajstić information content (AvgIpc) is 2.17. The maximum Gasteiger partial charge on any atom is 0.0365 e. The predicted octanol–water partition coefficient (Wildman–Crippen LogP) is 2.21. The molecule has 1 aromatic carbocycles. The molecule has 2 heteroatoms. The van der Waals surface area contributed by atoms with Crippen LogP contribution in [-0.4, -0.2) is 27.7 Å². The van der Waals surface area contributed by atoms with Crippen LogP contribution >= 0.6 is 0 Å². The molecule has 0 amide bonds. The standard InChI is InChI=1S/C11H18N2/c1-5-13(4)11-8-6-10(7-9-11)12(2)3/h6-9H,5H2,1-4H3. The lowest BCUT2D eigenvalue weighted by atomic mass is 10.2. The van der Waals surface area contributed by atoms with Crippen LogP contribution in [0.3, 0.4) is 0 Å². The molecule has 0 bridgehead atoms. The van der Waals surface area contributed by atoms with Crippen LogP contribution in [0.15, 0.2) is 24.3 Å². The van der Waals surface area contributed by atoms with Gasteiger partial charge in [0.2, 0.25) is 0 Å². The van der Waals surface area contributed by atoms with Gasteiger partial charge in [0, 0.05) is 39.1 Å². The van der Waals surface area contributed by atoms with Crippen molar-refractivity contribution in [3.63, 3.8) is 0 Å². The Kier molecular flexibility index (Phi) is 3.18. The summed E-state index contributed by atoms with van der Waals surface area (Å²) in [5.41, 5.74) is 2.52. The topological polar surface area (TPSA) is 6.48 Å². The number of rotatable bonds is 3. The first kappa shape index (κ1) is 9.90. The van der Waals surface area contributed by atoms with Crippen molar-refractivity contribution < 1.29 is 0 Å². The summed E-state index contributed by atoms with van der Waals surface area (Å²) in [6.07, 6.45) is 0. The largest absolute Gasteiger partial charge is 0.378 e. The summed E-state index contributed by atoms with van der Waals surface area (Å²) in [6, 6.07) is 8.58. The Bertz CT molecular complexity index is 251. The van der Waals surface area contributed by atoms with Crippen LogP contribution in [0, 0.1) is 0 Å². The van der Waals surface area contributed by atoms with Gasteiger partial charge in [-0.25, -0.2) is 0 Å². The second kappa shape index (κ2) is 4.17. The van der Waals surface area contributed by atoms with Crippen LogP contribution in [0.4, 0.5) is 11.4 Å². The van der Waals surface area contributed by atoms with E-state index in [1.807, 2.05) is 0 Å². The minimum absolute atomic E-state index is 1.04. The van der Waals surface area contributed by atoms with Gasteiger partial charge < -0.3 is 9.80 Å². The van der Waals surface area contributed by atoms with Crippen LogP contribution in [0.2, 0.25) is 0 Å². The summed E-state index contributed by atoms with van der Waals surface area (Å²) in [5, 5.41) is 0. The highest BCUT2D eigenvalue weighted by Gasteiger charge is 1.98. The van der Waals surface area contributed by atoms with Gasteiger partial charge in [0.15, 0.2) is 0 Å². The third-order valence-electron chi connectivity index (χ3n) is 2.28. The van der Waals surface area contributed by atoms with Gasteiger partial charge in [-0.2, -0.15) is 0 Å². The molecule has 0 atom stereocenters. The highest BCUT2D eigenvalue weighted by molar-refractivity contribution is 5.55. The number of benzene rings is 1. The van der Waals surface area contributed by atoms with E-state index in [9.17, 15) is 0 Å². The zero-order valence-corrected chi connectivity index (χ0v) is 8.91. The van der Waals surface area contributed by atoms with Gasteiger partial charge in [-0.1, -0.05) is 0 Å². The lowest BCUT2D eigenvalue weighted by molar-refractivity contribution is 0.967. The molecule has 0 aromatic heterocycles. The minimum atomic E-state index is 1.04. The summed E-state index contributed by atoms with van der Waals surface area (Å²) in [6.45, 7) is 3.20. The molecule has 72 valence electrons. The molecule has 0 aliphatic rings. The maximum absolute atomic E-state index is 2.22. The quantitative estimate of drug-likeness (QED) is 0.700. The zero-order valence-electron chi connectivity index (χ0n) is 8.91. The Morgan fingerprint density at radius 3 is 1.77 bits per heavy atom. The van der Waals surface area contributed by atoms with E-state index < -0.39 is 0 Å². The van der Waals surface area contributed by atoms with E-state index in [2.05, 4.69) is 62.1 Å². The number of hydrogen-bond acceptors (Lipinski definition) is 2. The first-order valence-electron chi connectivity index (χ1n) is 4.63. The van der Waals surface area contributed by atoms with Crippen molar-refractivity contribution in [2.75, 3.05) is 37.5 Å². The molecule has 0 radical (unpaired) electrons. The van der Waals surface area contributed by atoms with E-state index >= 15 is 0 Å². The normalized spacial score (nSPS) is 9.85. The number of nitrogens with zero attached hydrogens (tertiary/aromatic N) is 2. The molecule has 0 N–H and O–H groups in total. The van der Waals surface area contributed by atoms with Crippen molar-refractivity contribution in [1.29, 1.82) is 0 Å². The van der Waals surface area contributed by atoms with Gasteiger partial charge in [-0.15, -0.1) is 0 Å². The van der Waals surface area contributed by atoms with E-state index in [1.54, 1.807) is 0 Å². The van der Waals surface area contributed by atoms with Gasteiger partial charge in [0.25, 0.3) is 0 Å². The fourth-order valence-corrected chi connectivity index (χ4v) is 1.19. The fraction of sp³-hybridized carbons (Fsp3) is 0.455. The molecule has 0 fully saturated rings. The van der Waals surface area contributed by atoms with Crippen LogP contribution in [0.25, 0.3) is 0 Å². The van der Waals surface area contributed by atoms with E-state index in [0.717, 1.165) is 6.54 Å². The van der Waals surface area contributed by atoms with Crippen molar-refractivity contribution in [1.82, 2.24) is 0 Å². The Morgan fingerprint density at radius 2 is 1.38 bits per heavy atom. The Balaban J connectivity index is 2.81. The third kappa shape index (κ3) is 2.38. The molecule has 0 heterocycles. The molecule has 0 unspecified atom stereocenters. The van der Waals surface area contributed by atoms with Crippen LogP contribution in [0.1, 0.15) is 6.92 Å². The Hall–Kier alpha value is -1.18. The zero-order chi connectivity index (χ0) is 9.84. The van der Waals surface area contributed by atoms with Crippen molar-refractivity contribution in [2.24, 2.45) is 0 Å². The first-order chi connectivity index (χ1) is 6.15. The fourth-order valence-electron chi connectivity index (χ4n) is 1.19. The minimum Gasteiger partial charge on any atom is -0.378 e. The summed E-state index contributed by atoms with van der Waals surface area (Å²) in [7, 11) is 6.21. The second-order valence-electron chi connectivity index (χ2n) is 3.43. The van der Waals surface area contributed by atoms with Crippen LogP contribution < -0.4 is 9.80 Å². The average molecular weight is 178 g/mol. The summed E-state index contributed by atoms with van der Waals surface area (Å²) in [4.78, 5) is 4.33. The highest BCUT2D eigenvalue weighted by Crippen LogP contribution is 2.17. The second-order valence-corrected chi connectivity index (χ2v) is 3.43. The molecule has 0 saturated heterocycles. The first-order valence-corrected chi connectivity index (χ1v) is 4.63. The SMILES string of the molecule is CCN(C)c1ccc(N(C)C)cc1. The van der Waals surface area contributed by atoms with Crippen molar-refractivity contribution >= 4 is 11.4 Å². The predicted molar refractivity (Wildman–Crippen MR) is 59.7 cm³/mol. The van der Waals surface area contributed by atoms with Gasteiger partial charge in [-0.05, 0) is 31.2 Å². The van der Waals surface area contributed by atoms with Crippen molar-refractivity contribution in [3.8, 4) is 0 Å². The lowest BCUT2D eigenvalue weighted by Gasteiger charge is -2.18. The monoisotopic (exact) mass is 178 g/mol. The number of hydrogen-bond donors (Lipinski definition) is 0. The molecular formula is C11H18N2. The molecule has 0 saturated carbocycles. The van der Waals surface area contributed by atoms with E-state index in [4.69, 9.17) is 0 Å². The Labute approximate surface area is 80.8 Å². The van der Waals surface area contributed by atoms with Gasteiger partial charge in [-0.3, -0.25) is 0 Å². The van der Waals surface area contributed by atoms with Crippen molar-refractivity contribution in [2.45, 2.75) is 6.92 Å². The van der Waals surface area contributed by atoms with E-state index in [0.29, 0.717) is 0 Å². The maximum atomic E-state index is 2.22. The summed E-state index contributed by atoms with van der Waals surface area (Å²) >= 11 is 0. The smallest absolute Gasteiger partial charge is 0.0365 e. The molecule has 1 rings (SSSR count). The van der Waals surface area contributed by atoms with Crippen LogP contribution in [0.5, 0.6) is 0 Å². The Morgan fingerprint density at radius 1 is 0.923 bits per heavy atom. The van der Waals surface area contributed by atoms with E-state index in [-0.39, 0.29) is 0 Å². The molecule has 2 nitrogen and oxygen atoms in total. The van der Waals surface area contributed by atoms with Gasteiger partial charge in [0.05, 0.1) is 0 Å². The molecule has 0 spiro atoms. The number of anilines is 2. The molecule has 0 aliphatic carbocycles. The summed E-state index contributed by atoms with van der Waals surface area (Å²) in [5.74, 6) is 0. The molecular weight excluding hydrogens is 160 g/mol. The van der Waals surface area contributed by atoms with Gasteiger partial charge in [0.1, 0.15) is 0 Å². The van der Waals surface area contributed by atoms with Crippen LogP contribution in [-0.2, 0) is 0 Å². The van der Waals surface area contributed by atoms with E-state index in [1.165, 1.54) is 11.4 Å². The molecule has 13 heavy (non-hydrogen) atoms. The molecule has 0 aliphatic heterocycles. The highest BCUT2D eigenvalue weighted by atomic mass is 15.1. The molecule has 1 aromatic rings. The lowest BCUT2D eigenvalue weighted by Crippen LogP contribution is -2.16. The third-order valence-corrected chi connectivity index (χ3v) is 2.28. The van der Waals surface area contributed by atoms with Gasteiger partial charge >= 0.3 is 0 Å². The van der Waals surface area contributed by atoms with Crippen molar-refractivity contribution in [3.05, 3.63) is 24.3 Å². The summed E-state index contributed by atoms with van der Waals surface area (Å²) < 4.78 is 0.